The molecule has 0 saturated carbocycles. The smallest absolute Gasteiger partial charge is 0.394 e. The van der Waals surface area contributed by atoms with Crippen molar-refractivity contribution in [2.75, 3.05) is 47.7 Å². The van der Waals surface area contributed by atoms with Crippen LogP contribution in [0.2, 0.25) is 6.04 Å². The van der Waals surface area contributed by atoms with Crippen LogP contribution in [0.25, 0.3) is 0 Å². The van der Waals surface area contributed by atoms with E-state index in [0.717, 1.165) is 0 Å². The van der Waals surface area contributed by atoms with Gasteiger partial charge < -0.3 is 88.0 Å². The van der Waals surface area contributed by atoms with E-state index < -0.39 is 121 Å². The summed E-state index contributed by atoms with van der Waals surface area (Å²) < 4.78 is 43.8. The van der Waals surface area contributed by atoms with Crippen LogP contribution < -0.4 is 5.32 Å². The molecule has 0 aromatic heterocycles. The van der Waals surface area contributed by atoms with E-state index in [4.69, 9.17) is 37.0 Å². The molecule has 11 N–H and O–H groups in total. The predicted octanol–water partition coefficient (Wildman–Crippen LogP) is -6.71. The molecule has 3 aliphatic heterocycles. The number of rotatable bonds is 15. The second-order valence-corrected chi connectivity index (χ2v) is 13.8. The summed E-state index contributed by atoms with van der Waals surface area (Å²) in [5.74, 6) is 0. The Morgan fingerprint density at radius 2 is 1.02 bits per heavy atom. The molecule has 3 saturated heterocycles. The summed E-state index contributed by atoms with van der Waals surface area (Å²) in [7, 11) is 1.60. The molecule has 3 rings (SSSR count). The highest BCUT2D eigenvalue weighted by Gasteiger charge is 2.53. The monoisotopic (exact) mass is 665 g/mol. The van der Waals surface area contributed by atoms with E-state index in [-0.39, 0.29) is 6.54 Å². The van der Waals surface area contributed by atoms with Crippen molar-refractivity contribution in [2.45, 2.75) is 105 Å². The van der Waals surface area contributed by atoms with Crippen LogP contribution in [0.5, 0.6) is 0 Å². The van der Waals surface area contributed by atoms with Gasteiger partial charge in [-0.2, -0.15) is 0 Å². The SMILES string of the molecule is CO[Si](CCCNC1O[C@H](CO)[C@@H](O[C@H]2O[C@H](CO)[C@@H](O[C@@H]3O[C@H](CO)[C@@H](O)[C@H](O)[C@H]3O)[C@H](O)[C@H]2O)[C@H](O)[C@H]1O)(OC)OC. The predicted molar refractivity (Wildman–Crippen MR) is 143 cm³/mol. The molecule has 3 heterocycles. The normalized spacial score (nSPS) is 43.7. The van der Waals surface area contributed by atoms with Gasteiger partial charge in [0.15, 0.2) is 12.6 Å². The van der Waals surface area contributed by atoms with Crippen LogP contribution in [0.1, 0.15) is 6.42 Å². The maximum atomic E-state index is 10.9. The molecule has 19 nitrogen and oxygen atoms in total. The molecule has 20 heteroatoms. The van der Waals surface area contributed by atoms with E-state index in [9.17, 15) is 51.1 Å². The first kappa shape index (κ1) is 37.9. The standard InChI is InChI=1S/C24H47NO18Si/c1-36-44(37-2,38-3)6-4-5-25-22-17(33)15(31)20(11(8-27)39-22)42-24-19(35)16(32)21(12(9-28)41-24)43-23-18(34)14(30)13(29)10(7-26)40-23/h10-35H,4-9H2,1-3H3/t10-,11-,12-,13-,14+,15-,16-,17-,18-,19-,20-,21-,22?,23+,24-/m1/s1. The molecule has 0 aromatic rings. The molecule has 1 unspecified atom stereocenters. The molecule has 3 aliphatic rings. The molecule has 0 spiro atoms. The lowest BCUT2D eigenvalue weighted by molar-refractivity contribution is -0.373. The molecule has 3 fully saturated rings. The first-order valence-electron chi connectivity index (χ1n) is 14.2. The Morgan fingerprint density at radius 3 is 1.52 bits per heavy atom. The number of ether oxygens (including phenoxy) is 5. The Morgan fingerprint density at radius 1 is 0.568 bits per heavy atom. The van der Waals surface area contributed by atoms with E-state index in [1.807, 2.05) is 0 Å². The lowest BCUT2D eigenvalue weighted by Crippen LogP contribution is -2.67. The highest BCUT2D eigenvalue weighted by molar-refractivity contribution is 6.60. The van der Waals surface area contributed by atoms with Crippen molar-refractivity contribution in [1.82, 2.24) is 5.32 Å². The summed E-state index contributed by atoms with van der Waals surface area (Å²) >= 11 is 0. The van der Waals surface area contributed by atoms with Crippen LogP contribution >= 0.6 is 0 Å². The Kier molecular flexibility index (Phi) is 14.7. The number of hydrogen-bond acceptors (Lipinski definition) is 19. The molecule has 44 heavy (non-hydrogen) atoms. The second kappa shape index (κ2) is 17.0. The number of aliphatic hydroxyl groups is 10. The third kappa shape index (κ3) is 8.29. The van der Waals surface area contributed by atoms with Crippen LogP contribution in [0.4, 0.5) is 0 Å². The molecule has 0 amide bonds. The summed E-state index contributed by atoms with van der Waals surface area (Å²) in [6.07, 6.45) is -23.4. The zero-order valence-corrected chi connectivity index (χ0v) is 25.6. The van der Waals surface area contributed by atoms with Crippen LogP contribution in [0, 0.1) is 0 Å². The van der Waals surface area contributed by atoms with Crippen molar-refractivity contribution >= 4 is 8.80 Å². The summed E-state index contributed by atoms with van der Waals surface area (Å²) in [6.45, 7) is -1.95. The summed E-state index contributed by atoms with van der Waals surface area (Å²) in [5.41, 5.74) is 0. The Bertz CT molecular complexity index is 833. The summed E-state index contributed by atoms with van der Waals surface area (Å²) in [6, 6.07) is 0.441. The van der Waals surface area contributed by atoms with Gasteiger partial charge in [0.05, 0.1) is 19.8 Å². The van der Waals surface area contributed by atoms with Gasteiger partial charge in [-0.3, -0.25) is 5.32 Å². The van der Waals surface area contributed by atoms with E-state index in [1.165, 1.54) is 21.3 Å². The molecular formula is C24H47NO18Si. The maximum absolute atomic E-state index is 10.9. The van der Waals surface area contributed by atoms with Crippen molar-refractivity contribution in [2.24, 2.45) is 0 Å². The quantitative estimate of drug-likeness (QED) is 0.0572. The maximum Gasteiger partial charge on any atom is 0.500 e. The number of nitrogens with one attached hydrogen (secondary N) is 1. The number of aliphatic hydroxyl groups excluding tert-OH is 10. The van der Waals surface area contributed by atoms with Gasteiger partial charge in [-0.1, -0.05) is 0 Å². The van der Waals surface area contributed by atoms with Crippen LogP contribution in [-0.4, -0.2) is 200 Å². The lowest BCUT2D eigenvalue weighted by atomic mass is 9.95. The Labute approximate surface area is 254 Å². The average molecular weight is 666 g/mol. The average Bonchev–Trinajstić information content (AvgIpc) is 3.03. The first-order valence-corrected chi connectivity index (χ1v) is 16.1. The van der Waals surface area contributed by atoms with Gasteiger partial charge in [0.2, 0.25) is 0 Å². The van der Waals surface area contributed by atoms with E-state index in [0.29, 0.717) is 12.5 Å². The van der Waals surface area contributed by atoms with E-state index in [2.05, 4.69) is 5.32 Å². The molecule has 0 aromatic carbocycles. The van der Waals surface area contributed by atoms with E-state index in [1.54, 1.807) is 0 Å². The lowest BCUT2D eigenvalue weighted by Gasteiger charge is -2.48. The molecule has 260 valence electrons. The van der Waals surface area contributed by atoms with Crippen molar-refractivity contribution in [3.63, 3.8) is 0 Å². The van der Waals surface area contributed by atoms with Crippen LogP contribution in [0.3, 0.4) is 0 Å². The van der Waals surface area contributed by atoms with Gasteiger partial charge in [-0.25, -0.2) is 0 Å². The van der Waals surface area contributed by atoms with Gasteiger partial charge in [0.1, 0.15) is 79.5 Å². The first-order chi connectivity index (χ1) is 20.9. The second-order valence-electron chi connectivity index (χ2n) is 10.7. The fourth-order valence-electron chi connectivity index (χ4n) is 5.35. The van der Waals surface area contributed by atoms with Crippen molar-refractivity contribution < 1.29 is 88.0 Å². The number of hydrogen-bond donors (Lipinski definition) is 11. The van der Waals surface area contributed by atoms with Gasteiger partial charge in [0, 0.05) is 27.4 Å². The minimum absolute atomic E-state index is 0.285. The van der Waals surface area contributed by atoms with Crippen molar-refractivity contribution in [3.8, 4) is 0 Å². The zero-order valence-electron chi connectivity index (χ0n) is 24.6. The zero-order chi connectivity index (χ0) is 32.8. The minimum atomic E-state index is -2.83. The molecule has 15 atom stereocenters. The highest BCUT2D eigenvalue weighted by atomic mass is 28.4. The third-order valence-corrected chi connectivity index (χ3v) is 10.9. The Hall–Kier alpha value is -0.543. The minimum Gasteiger partial charge on any atom is -0.394 e. The topological polar surface area (TPSA) is 288 Å². The van der Waals surface area contributed by atoms with Crippen LogP contribution in [-0.2, 0) is 37.0 Å². The molecule has 0 aliphatic carbocycles. The van der Waals surface area contributed by atoms with Crippen molar-refractivity contribution in [1.29, 1.82) is 0 Å². The largest absolute Gasteiger partial charge is 0.500 e. The molecule has 0 radical (unpaired) electrons. The highest BCUT2D eigenvalue weighted by Crippen LogP contribution is 2.32. The van der Waals surface area contributed by atoms with Gasteiger partial charge in [0.25, 0.3) is 0 Å². The van der Waals surface area contributed by atoms with Crippen molar-refractivity contribution in [3.05, 3.63) is 0 Å². The summed E-state index contributed by atoms with van der Waals surface area (Å²) in [5, 5.41) is 106. The molecular weight excluding hydrogens is 618 g/mol. The fourth-order valence-corrected chi connectivity index (χ4v) is 7.07. The molecule has 0 bridgehead atoms. The van der Waals surface area contributed by atoms with Crippen LogP contribution in [0.15, 0.2) is 0 Å². The van der Waals surface area contributed by atoms with Gasteiger partial charge in [-0.05, 0) is 13.0 Å². The van der Waals surface area contributed by atoms with Gasteiger partial charge in [-0.15, -0.1) is 0 Å². The third-order valence-electron chi connectivity index (χ3n) is 8.05. The van der Waals surface area contributed by atoms with E-state index >= 15 is 0 Å². The van der Waals surface area contributed by atoms with Gasteiger partial charge >= 0.3 is 8.80 Å². The summed E-state index contributed by atoms with van der Waals surface area (Å²) in [4.78, 5) is 0. The Balaban J connectivity index is 1.62. The fraction of sp³-hybridized carbons (Fsp3) is 1.00.